The lowest BCUT2D eigenvalue weighted by Crippen LogP contribution is -2.42. The number of aliphatic hydroxyl groups is 1. The fourth-order valence-corrected chi connectivity index (χ4v) is 3.56. The lowest BCUT2D eigenvalue weighted by molar-refractivity contribution is 0.0383. The predicted octanol–water partition coefficient (Wildman–Crippen LogP) is 2.33. The number of aliphatic hydroxyl groups excluding tert-OH is 1. The van der Waals surface area contributed by atoms with Crippen molar-refractivity contribution in [2.75, 3.05) is 0 Å². The third-order valence-electron chi connectivity index (χ3n) is 4.38. The Morgan fingerprint density at radius 2 is 1.75 bits per heavy atom. The Bertz CT molecular complexity index is 390. The number of hydrogen-bond donors (Lipinski definition) is 2. The van der Waals surface area contributed by atoms with E-state index in [0.717, 1.165) is 12.0 Å². The van der Waals surface area contributed by atoms with Crippen molar-refractivity contribution < 1.29 is 5.11 Å². The Morgan fingerprint density at radius 1 is 1.06 bits per heavy atom. The summed E-state index contributed by atoms with van der Waals surface area (Å²) in [5.74, 6) is 0.929. The highest BCUT2D eigenvalue weighted by atomic mass is 16.3. The van der Waals surface area contributed by atoms with Crippen LogP contribution in [0.2, 0.25) is 0 Å². The standard InChI is InChI=1S/C14H19NO/c15-13-11-7-3-1-5-9(11)10-6-2-4-8-12(10)14(13)16/h1,3,5,7,10,12-14,16H,2,4,6,8,15H2/t10-,12-,13+,14-/m0/s1. The minimum Gasteiger partial charge on any atom is -0.391 e. The Kier molecular flexibility index (Phi) is 2.49. The molecule has 16 heavy (non-hydrogen) atoms. The summed E-state index contributed by atoms with van der Waals surface area (Å²) in [7, 11) is 0. The van der Waals surface area contributed by atoms with Gasteiger partial charge in [0.15, 0.2) is 0 Å². The van der Waals surface area contributed by atoms with E-state index in [1.165, 1.54) is 24.8 Å². The second-order valence-corrected chi connectivity index (χ2v) is 5.20. The first-order valence-electron chi connectivity index (χ1n) is 6.31. The fourth-order valence-electron chi connectivity index (χ4n) is 3.56. The van der Waals surface area contributed by atoms with Gasteiger partial charge in [0.1, 0.15) is 0 Å². The van der Waals surface area contributed by atoms with E-state index in [4.69, 9.17) is 5.73 Å². The van der Waals surface area contributed by atoms with Gasteiger partial charge in [-0.25, -0.2) is 0 Å². The molecule has 1 fully saturated rings. The summed E-state index contributed by atoms with van der Waals surface area (Å²) in [6.07, 6.45) is 4.53. The lowest BCUT2D eigenvalue weighted by atomic mass is 9.65. The summed E-state index contributed by atoms with van der Waals surface area (Å²) >= 11 is 0. The van der Waals surface area contributed by atoms with Crippen molar-refractivity contribution in [2.45, 2.75) is 43.7 Å². The van der Waals surface area contributed by atoms with Crippen molar-refractivity contribution in [3.05, 3.63) is 35.4 Å². The summed E-state index contributed by atoms with van der Waals surface area (Å²) in [4.78, 5) is 0. The Labute approximate surface area is 96.5 Å². The zero-order chi connectivity index (χ0) is 11.1. The summed E-state index contributed by atoms with van der Waals surface area (Å²) in [5.41, 5.74) is 8.71. The zero-order valence-electron chi connectivity index (χ0n) is 9.47. The second kappa shape index (κ2) is 3.86. The molecule has 2 heteroatoms. The van der Waals surface area contributed by atoms with Gasteiger partial charge in [-0.05, 0) is 35.8 Å². The van der Waals surface area contributed by atoms with Crippen molar-refractivity contribution in [1.29, 1.82) is 0 Å². The molecule has 0 spiro atoms. The highest BCUT2D eigenvalue weighted by Crippen LogP contribution is 2.47. The van der Waals surface area contributed by atoms with Gasteiger partial charge in [0.05, 0.1) is 12.1 Å². The monoisotopic (exact) mass is 217 g/mol. The van der Waals surface area contributed by atoms with E-state index in [0.29, 0.717) is 11.8 Å². The number of benzene rings is 1. The Balaban J connectivity index is 2.07. The molecule has 0 amide bonds. The fraction of sp³-hybridized carbons (Fsp3) is 0.571. The van der Waals surface area contributed by atoms with Gasteiger partial charge < -0.3 is 10.8 Å². The first-order chi connectivity index (χ1) is 7.79. The molecule has 0 unspecified atom stereocenters. The maximum Gasteiger partial charge on any atom is 0.0766 e. The van der Waals surface area contributed by atoms with Crippen molar-refractivity contribution in [3.63, 3.8) is 0 Å². The highest BCUT2D eigenvalue weighted by molar-refractivity contribution is 5.37. The first kappa shape index (κ1) is 10.3. The first-order valence-corrected chi connectivity index (χ1v) is 6.31. The molecule has 86 valence electrons. The summed E-state index contributed by atoms with van der Waals surface area (Å²) in [5, 5.41) is 10.3. The van der Waals surface area contributed by atoms with Crippen molar-refractivity contribution in [2.24, 2.45) is 11.7 Å². The Morgan fingerprint density at radius 3 is 2.56 bits per heavy atom. The van der Waals surface area contributed by atoms with Crippen LogP contribution in [0.1, 0.15) is 48.8 Å². The highest BCUT2D eigenvalue weighted by Gasteiger charge is 2.40. The predicted molar refractivity (Wildman–Crippen MR) is 64.1 cm³/mol. The molecule has 0 saturated heterocycles. The van der Waals surface area contributed by atoms with Crippen LogP contribution in [-0.2, 0) is 0 Å². The molecule has 0 radical (unpaired) electrons. The van der Waals surface area contributed by atoms with Crippen LogP contribution in [-0.4, -0.2) is 11.2 Å². The number of nitrogens with two attached hydrogens (primary N) is 1. The summed E-state index contributed by atoms with van der Waals surface area (Å²) < 4.78 is 0. The van der Waals surface area contributed by atoms with Gasteiger partial charge in [-0.3, -0.25) is 0 Å². The minimum atomic E-state index is -0.347. The van der Waals surface area contributed by atoms with Crippen LogP contribution in [0.25, 0.3) is 0 Å². The van der Waals surface area contributed by atoms with Crippen LogP contribution in [0.4, 0.5) is 0 Å². The van der Waals surface area contributed by atoms with Crippen molar-refractivity contribution in [1.82, 2.24) is 0 Å². The van der Waals surface area contributed by atoms with Gasteiger partial charge in [-0.15, -0.1) is 0 Å². The van der Waals surface area contributed by atoms with Crippen LogP contribution in [0.3, 0.4) is 0 Å². The zero-order valence-corrected chi connectivity index (χ0v) is 9.47. The van der Waals surface area contributed by atoms with E-state index in [2.05, 4.69) is 18.2 Å². The average Bonchev–Trinajstić information content (AvgIpc) is 2.36. The molecule has 1 aromatic carbocycles. The molecule has 0 aromatic heterocycles. The largest absolute Gasteiger partial charge is 0.391 e. The number of hydrogen-bond acceptors (Lipinski definition) is 2. The van der Waals surface area contributed by atoms with Gasteiger partial charge in [0, 0.05) is 0 Å². The normalized spacial score (nSPS) is 37.6. The van der Waals surface area contributed by atoms with Gasteiger partial charge in [0.25, 0.3) is 0 Å². The maximum atomic E-state index is 10.3. The van der Waals surface area contributed by atoms with Gasteiger partial charge >= 0.3 is 0 Å². The third-order valence-corrected chi connectivity index (χ3v) is 4.38. The lowest BCUT2D eigenvalue weighted by Gasteiger charge is -2.43. The van der Waals surface area contributed by atoms with Crippen molar-refractivity contribution >= 4 is 0 Å². The van der Waals surface area contributed by atoms with Gasteiger partial charge in [-0.1, -0.05) is 37.1 Å². The molecule has 2 aliphatic rings. The molecule has 3 rings (SSSR count). The van der Waals surface area contributed by atoms with Crippen molar-refractivity contribution in [3.8, 4) is 0 Å². The van der Waals surface area contributed by atoms with Crippen LogP contribution in [0.5, 0.6) is 0 Å². The molecule has 2 nitrogen and oxygen atoms in total. The molecule has 4 atom stereocenters. The summed E-state index contributed by atoms with van der Waals surface area (Å²) in [6.45, 7) is 0. The maximum absolute atomic E-state index is 10.3. The van der Waals surface area contributed by atoms with Gasteiger partial charge in [-0.2, -0.15) is 0 Å². The smallest absolute Gasteiger partial charge is 0.0766 e. The van der Waals surface area contributed by atoms with E-state index in [1.807, 2.05) is 6.07 Å². The molecule has 1 aromatic rings. The molecule has 0 aliphatic heterocycles. The SMILES string of the molecule is N[C@@H]1c2ccccc2[C@@H]2CCCC[C@@H]2[C@@H]1O. The molecule has 0 bridgehead atoms. The second-order valence-electron chi connectivity index (χ2n) is 5.20. The van der Waals surface area contributed by atoms with Crippen LogP contribution >= 0.6 is 0 Å². The molecule has 1 saturated carbocycles. The number of rotatable bonds is 0. The van der Waals surface area contributed by atoms with E-state index in [-0.39, 0.29) is 12.1 Å². The Hall–Kier alpha value is -0.860. The third kappa shape index (κ3) is 1.40. The quantitative estimate of drug-likeness (QED) is 0.700. The van der Waals surface area contributed by atoms with E-state index < -0.39 is 0 Å². The molecule has 0 heterocycles. The average molecular weight is 217 g/mol. The van der Waals surface area contributed by atoms with Crippen LogP contribution in [0.15, 0.2) is 24.3 Å². The molecule has 2 aliphatic carbocycles. The van der Waals surface area contributed by atoms with E-state index in [9.17, 15) is 5.11 Å². The van der Waals surface area contributed by atoms with Crippen LogP contribution in [0, 0.1) is 5.92 Å². The molecular weight excluding hydrogens is 198 g/mol. The van der Waals surface area contributed by atoms with Crippen LogP contribution < -0.4 is 5.73 Å². The molecular formula is C14H19NO. The topological polar surface area (TPSA) is 46.2 Å². The minimum absolute atomic E-state index is 0.185. The van der Waals surface area contributed by atoms with E-state index in [1.54, 1.807) is 0 Å². The summed E-state index contributed by atoms with van der Waals surface area (Å²) in [6, 6.07) is 8.21. The van der Waals surface area contributed by atoms with Gasteiger partial charge in [0.2, 0.25) is 0 Å². The van der Waals surface area contributed by atoms with E-state index >= 15 is 0 Å². The molecule has 3 N–H and O–H groups in total. The number of fused-ring (bicyclic) bond motifs is 3.